The minimum atomic E-state index is -0.310. The number of morpholine rings is 1. The lowest BCUT2D eigenvalue weighted by Crippen LogP contribution is -2.54. The summed E-state index contributed by atoms with van der Waals surface area (Å²) in [5.74, 6) is 0.886. The minimum absolute atomic E-state index is 0.126. The molecule has 5 nitrogen and oxygen atoms in total. The van der Waals surface area contributed by atoms with Gasteiger partial charge in [-0.2, -0.15) is 0 Å². The van der Waals surface area contributed by atoms with E-state index in [4.69, 9.17) is 21.1 Å². The lowest BCUT2D eigenvalue weighted by Gasteiger charge is -2.43. The van der Waals surface area contributed by atoms with Gasteiger partial charge in [0.2, 0.25) is 0 Å². The van der Waals surface area contributed by atoms with Crippen LogP contribution in [-0.4, -0.2) is 60.8 Å². The van der Waals surface area contributed by atoms with Gasteiger partial charge in [0.15, 0.2) is 0 Å². The maximum atomic E-state index is 12.6. The Morgan fingerprint density at radius 2 is 1.80 bits per heavy atom. The first-order chi connectivity index (χ1) is 12.1. The van der Waals surface area contributed by atoms with Gasteiger partial charge in [-0.25, -0.2) is 4.79 Å². The number of hydrogen-bond acceptors (Lipinski definition) is 3. The van der Waals surface area contributed by atoms with Crippen LogP contribution in [0, 0.1) is 6.92 Å². The highest BCUT2D eigenvalue weighted by atomic mass is 35.5. The van der Waals surface area contributed by atoms with Crippen LogP contribution < -0.4 is 4.74 Å². The number of halogens is 1. The Morgan fingerprint density at radius 1 is 1.12 bits per heavy atom. The zero-order valence-corrected chi connectivity index (χ0v) is 15.2. The van der Waals surface area contributed by atoms with Gasteiger partial charge in [0, 0.05) is 49.6 Å². The first-order valence-corrected chi connectivity index (χ1v) is 9.24. The first-order valence-electron chi connectivity index (χ1n) is 8.86. The number of urea groups is 1. The number of fused-ring (bicyclic) bond motifs is 1. The fourth-order valence-electron chi connectivity index (χ4n) is 3.68. The Labute approximate surface area is 153 Å². The number of ether oxygens (including phenoxy) is 2. The smallest absolute Gasteiger partial charge is 0.320 e. The molecule has 4 rings (SSSR count). The number of piperidine rings is 1. The average molecular weight is 363 g/mol. The Hall–Kier alpha value is -1.72. The third-order valence-electron chi connectivity index (χ3n) is 5.33. The largest absolute Gasteiger partial charge is 0.482 e. The van der Waals surface area contributed by atoms with Gasteiger partial charge in [-0.3, -0.25) is 0 Å². The summed E-state index contributed by atoms with van der Waals surface area (Å²) in [6, 6.07) is 4.09. The minimum Gasteiger partial charge on any atom is -0.482 e. The van der Waals surface area contributed by atoms with Crippen LogP contribution in [0.2, 0.25) is 5.02 Å². The molecule has 3 aliphatic rings. The molecule has 2 amide bonds. The molecule has 0 aromatic heterocycles. The highest BCUT2D eigenvalue weighted by Crippen LogP contribution is 2.39. The summed E-state index contributed by atoms with van der Waals surface area (Å²) in [4.78, 5) is 16.5. The van der Waals surface area contributed by atoms with Crippen LogP contribution in [-0.2, 0) is 4.74 Å². The van der Waals surface area contributed by atoms with Gasteiger partial charge >= 0.3 is 6.03 Å². The summed E-state index contributed by atoms with van der Waals surface area (Å²) in [6.07, 6.45) is 5.85. The number of benzene rings is 1. The quantitative estimate of drug-likeness (QED) is 0.710. The molecule has 25 heavy (non-hydrogen) atoms. The molecule has 3 heterocycles. The van der Waals surface area contributed by atoms with E-state index in [1.54, 1.807) is 0 Å². The van der Waals surface area contributed by atoms with Crippen LogP contribution in [0.1, 0.15) is 24.0 Å². The maximum absolute atomic E-state index is 12.6. The predicted molar refractivity (Wildman–Crippen MR) is 97.2 cm³/mol. The van der Waals surface area contributed by atoms with E-state index >= 15 is 0 Å². The van der Waals surface area contributed by atoms with Crippen molar-refractivity contribution < 1.29 is 14.3 Å². The molecule has 2 saturated heterocycles. The topological polar surface area (TPSA) is 42.0 Å². The van der Waals surface area contributed by atoms with E-state index in [9.17, 15) is 4.79 Å². The Balaban J connectivity index is 1.43. The monoisotopic (exact) mass is 362 g/mol. The van der Waals surface area contributed by atoms with Gasteiger partial charge < -0.3 is 19.3 Å². The van der Waals surface area contributed by atoms with Crippen molar-refractivity contribution in [3.05, 3.63) is 34.4 Å². The van der Waals surface area contributed by atoms with Crippen LogP contribution in [0.25, 0.3) is 6.08 Å². The van der Waals surface area contributed by atoms with Gasteiger partial charge in [-0.05, 0) is 30.7 Å². The van der Waals surface area contributed by atoms with Crippen molar-refractivity contribution in [2.45, 2.75) is 25.4 Å². The molecule has 1 aromatic rings. The van der Waals surface area contributed by atoms with E-state index < -0.39 is 0 Å². The second-order valence-corrected chi connectivity index (χ2v) is 7.42. The normalized spacial score (nSPS) is 21.8. The zero-order valence-electron chi connectivity index (χ0n) is 14.5. The van der Waals surface area contributed by atoms with Crippen LogP contribution in [0.15, 0.2) is 18.2 Å². The second-order valence-electron chi connectivity index (χ2n) is 7.01. The molecule has 1 spiro atoms. The fraction of sp³-hybridized carbons (Fsp3) is 0.526. The summed E-state index contributed by atoms with van der Waals surface area (Å²) in [6.45, 7) is 6.04. The van der Waals surface area contributed by atoms with Crippen molar-refractivity contribution in [3.63, 3.8) is 0 Å². The summed E-state index contributed by atoms with van der Waals surface area (Å²) in [5, 5.41) is 0.758. The molecule has 134 valence electrons. The van der Waals surface area contributed by atoms with E-state index in [-0.39, 0.29) is 11.6 Å². The molecule has 0 saturated carbocycles. The molecule has 0 radical (unpaired) electrons. The lowest BCUT2D eigenvalue weighted by molar-refractivity contribution is 0.0220. The van der Waals surface area contributed by atoms with E-state index in [1.807, 2.05) is 28.9 Å². The van der Waals surface area contributed by atoms with E-state index in [0.29, 0.717) is 39.4 Å². The summed E-state index contributed by atoms with van der Waals surface area (Å²) >= 11 is 6.20. The van der Waals surface area contributed by atoms with Crippen LogP contribution in [0.4, 0.5) is 4.79 Å². The standard InChI is InChI=1S/C19H23ClN2O3/c1-14-12-17-15(13-16(14)20)2-3-19(25-17)4-6-21(7-5-19)18(23)22-8-10-24-11-9-22/h2-3,12-13H,4-11H2,1H3. The maximum Gasteiger partial charge on any atom is 0.320 e. The number of hydrogen-bond donors (Lipinski definition) is 0. The molecular weight excluding hydrogens is 340 g/mol. The highest BCUT2D eigenvalue weighted by molar-refractivity contribution is 6.31. The Morgan fingerprint density at radius 3 is 2.52 bits per heavy atom. The molecule has 0 unspecified atom stereocenters. The molecule has 0 N–H and O–H groups in total. The molecule has 0 bridgehead atoms. The zero-order chi connectivity index (χ0) is 17.4. The van der Waals surface area contributed by atoms with Crippen molar-refractivity contribution in [2.75, 3.05) is 39.4 Å². The number of carbonyl (C=O) groups is 1. The number of carbonyl (C=O) groups excluding carboxylic acids is 1. The third kappa shape index (κ3) is 3.23. The fourth-order valence-corrected chi connectivity index (χ4v) is 3.86. The predicted octanol–water partition coefficient (Wildman–Crippen LogP) is 3.34. The number of aryl methyl sites for hydroxylation is 1. The van der Waals surface area contributed by atoms with Crippen molar-refractivity contribution in [1.29, 1.82) is 0 Å². The summed E-state index contributed by atoms with van der Waals surface area (Å²) in [7, 11) is 0. The van der Waals surface area contributed by atoms with Gasteiger partial charge in [0.25, 0.3) is 0 Å². The molecule has 1 aromatic carbocycles. The van der Waals surface area contributed by atoms with Gasteiger partial charge in [-0.15, -0.1) is 0 Å². The average Bonchev–Trinajstić information content (AvgIpc) is 2.64. The Bertz CT molecular complexity index is 705. The third-order valence-corrected chi connectivity index (χ3v) is 5.74. The van der Waals surface area contributed by atoms with E-state index in [2.05, 4.69) is 12.2 Å². The van der Waals surface area contributed by atoms with E-state index in [1.165, 1.54) is 0 Å². The highest BCUT2D eigenvalue weighted by Gasteiger charge is 2.39. The van der Waals surface area contributed by atoms with E-state index in [0.717, 1.165) is 34.7 Å². The molecule has 6 heteroatoms. The first kappa shape index (κ1) is 16.7. The second kappa shape index (κ2) is 6.54. The van der Waals surface area contributed by atoms with Gasteiger partial charge in [0.1, 0.15) is 11.4 Å². The number of rotatable bonds is 0. The number of likely N-dealkylation sites (tertiary alicyclic amines) is 1. The van der Waals surface area contributed by atoms with Gasteiger partial charge in [0.05, 0.1) is 13.2 Å². The van der Waals surface area contributed by atoms with Crippen molar-refractivity contribution in [3.8, 4) is 5.75 Å². The SMILES string of the molecule is Cc1cc2c(cc1Cl)C=CC1(CCN(C(=O)N3CCOCC3)CC1)O2. The van der Waals surface area contributed by atoms with Crippen LogP contribution in [0.5, 0.6) is 5.75 Å². The van der Waals surface area contributed by atoms with Gasteiger partial charge in [-0.1, -0.05) is 17.7 Å². The van der Waals surface area contributed by atoms with Crippen LogP contribution in [0.3, 0.4) is 0 Å². The molecule has 0 aliphatic carbocycles. The van der Waals surface area contributed by atoms with Crippen LogP contribution >= 0.6 is 11.6 Å². The summed E-state index contributed by atoms with van der Waals surface area (Å²) < 4.78 is 11.7. The number of nitrogens with zero attached hydrogens (tertiary/aromatic N) is 2. The lowest BCUT2D eigenvalue weighted by atomic mass is 9.88. The van der Waals surface area contributed by atoms with Crippen molar-refractivity contribution >= 4 is 23.7 Å². The molecule has 3 aliphatic heterocycles. The number of amides is 2. The summed E-state index contributed by atoms with van der Waals surface area (Å²) in [5.41, 5.74) is 1.73. The molecule has 2 fully saturated rings. The van der Waals surface area contributed by atoms with Crippen molar-refractivity contribution in [1.82, 2.24) is 9.80 Å². The van der Waals surface area contributed by atoms with Crippen molar-refractivity contribution in [2.24, 2.45) is 0 Å². The molecule has 0 atom stereocenters. The Kier molecular flexibility index (Phi) is 4.38. The molecular formula is C19H23ClN2O3.